The zero-order valence-corrected chi connectivity index (χ0v) is 8.37. The third-order valence-electron chi connectivity index (χ3n) is 2.52. The molecule has 1 aliphatic rings. The summed E-state index contributed by atoms with van der Waals surface area (Å²) in [6.07, 6.45) is -4.94. The summed E-state index contributed by atoms with van der Waals surface area (Å²) in [6, 6.07) is 0. The highest BCUT2D eigenvalue weighted by atomic mass is 16.5. The Balaban J connectivity index is 2.60. The molecule has 1 rings (SSSR count). The summed E-state index contributed by atoms with van der Waals surface area (Å²) in [6.45, 7) is 3.20. The molecule has 84 valence electrons. The van der Waals surface area contributed by atoms with E-state index < -0.39 is 36.6 Å². The van der Waals surface area contributed by atoms with Crippen LogP contribution in [0.3, 0.4) is 0 Å². The van der Waals surface area contributed by atoms with Crippen LogP contribution in [0.2, 0.25) is 0 Å². The molecule has 0 bridgehead atoms. The maximum atomic E-state index is 9.53. The lowest BCUT2D eigenvalue weighted by molar-refractivity contribution is -0.222. The molecular weight excluding hydrogens is 188 g/mol. The van der Waals surface area contributed by atoms with Crippen LogP contribution in [0, 0.1) is 0 Å². The normalized spacial score (nSPS) is 46.3. The molecule has 0 amide bonds. The average molecular weight is 206 g/mol. The first-order valence-corrected chi connectivity index (χ1v) is 4.81. The van der Waals surface area contributed by atoms with E-state index in [0.29, 0.717) is 0 Å². The lowest BCUT2D eigenvalue weighted by atomic mass is 9.93. The molecule has 1 aliphatic heterocycles. The van der Waals surface area contributed by atoms with Gasteiger partial charge in [-0.15, -0.1) is 0 Å². The highest BCUT2D eigenvalue weighted by Gasteiger charge is 2.41. The second-order valence-corrected chi connectivity index (χ2v) is 3.94. The van der Waals surface area contributed by atoms with Crippen LogP contribution in [-0.4, -0.2) is 57.0 Å². The molecule has 1 heterocycles. The van der Waals surface area contributed by atoms with Gasteiger partial charge < -0.3 is 25.2 Å². The third-order valence-corrected chi connectivity index (χ3v) is 2.52. The summed E-state index contributed by atoms with van der Waals surface area (Å²) in [5, 5.41) is 37.5. The first-order valence-electron chi connectivity index (χ1n) is 4.81. The maximum absolute atomic E-state index is 9.53. The number of aliphatic hydroxyl groups is 4. The van der Waals surface area contributed by atoms with Crippen LogP contribution < -0.4 is 0 Å². The summed E-state index contributed by atoms with van der Waals surface area (Å²) in [5.41, 5.74) is 0. The van der Waals surface area contributed by atoms with E-state index in [-0.39, 0.29) is 6.42 Å². The van der Waals surface area contributed by atoms with Gasteiger partial charge in [0.2, 0.25) is 0 Å². The predicted octanol–water partition coefficient (Wildman–Crippen LogP) is -1.37. The number of ether oxygens (including phenoxy) is 1. The second kappa shape index (κ2) is 4.55. The first-order chi connectivity index (χ1) is 6.43. The molecule has 1 saturated heterocycles. The standard InChI is InChI=1S/C9H18O5/c1-4(10)3-6-8(12)9(13)7(11)5(2)14-6/h4-13H,3H2,1-2H3/t4?,5-,6+,7+,8+,9+/m0/s1. The fourth-order valence-electron chi connectivity index (χ4n) is 1.67. The topological polar surface area (TPSA) is 90.2 Å². The van der Waals surface area contributed by atoms with E-state index in [0.717, 1.165) is 0 Å². The van der Waals surface area contributed by atoms with Gasteiger partial charge in [-0.25, -0.2) is 0 Å². The fourth-order valence-corrected chi connectivity index (χ4v) is 1.67. The minimum absolute atomic E-state index is 0.245. The first kappa shape index (κ1) is 11.9. The minimum Gasteiger partial charge on any atom is -0.393 e. The van der Waals surface area contributed by atoms with E-state index in [1.165, 1.54) is 0 Å². The van der Waals surface area contributed by atoms with Crippen LogP contribution in [0.5, 0.6) is 0 Å². The van der Waals surface area contributed by atoms with Gasteiger partial charge in [-0.2, -0.15) is 0 Å². The van der Waals surface area contributed by atoms with Crippen molar-refractivity contribution in [1.82, 2.24) is 0 Å². The Bertz CT molecular complexity index is 184. The van der Waals surface area contributed by atoms with Gasteiger partial charge in [0, 0.05) is 6.42 Å². The van der Waals surface area contributed by atoms with Gasteiger partial charge in [0.25, 0.3) is 0 Å². The molecule has 0 aromatic rings. The molecule has 14 heavy (non-hydrogen) atoms. The number of aliphatic hydroxyl groups excluding tert-OH is 4. The van der Waals surface area contributed by atoms with E-state index in [1.54, 1.807) is 13.8 Å². The van der Waals surface area contributed by atoms with Crippen LogP contribution >= 0.6 is 0 Å². The molecule has 0 aromatic heterocycles. The van der Waals surface area contributed by atoms with E-state index in [2.05, 4.69) is 0 Å². The largest absolute Gasteiger partial charge is 0.393 e. The summed E-state index contributed by atoms with van der Waals surface area (Å²) in [7, 11) is 0. The van der Waals surface area contributed by atoms with Gasteiger partial charge in [-0.1, -0.05) is 0 Å². The minimum atomic E-state index is -1.21. The second-order valence-electron chi connectivity index (χ2n) is 3.94. The molecule has 0 spiro atoms. The van der Waals surface area contributed by atoms with Gasteiger partial charge in [0.05, 0.1) is 18.3 Å². The molecule has 5 nitrogen and oxygen atoms in total. The zero-order chi connectivity index (χ0) is 10.9. The molecule has 5 heteroatoms. The van der Waals surface area contributed by atoms with Gasteiger partial charge in [-0.05, 0) is 13.8 Å². The number of hydrogen-bond acceptors (Lipinski definition) is 5. The van der Waals surface area contributed by atoms with E-state index in [4.69, 9.17) is 9.84 Å². The summed E-state index contributed by atoms with van der Waals surface area (Å²) < 4.78 is 5.27. The third kappa shape index (κ3) is 2.43. The summed E-state index contributed by atoms with van der Waals surface area (Å²) in [5.74, 6) is 0. The molecular formula is C9H18O5. The van der Waals surface area contributed by atoms with Gasteiger partial charge in [0.1, 0.15) is 18.3 Å². The highest BCUT2D eigenvalue weighted by Crippen LogP contribution is 2.23. The Morgan fingerprint density at radius 2 is 1.71 bits per heavy atom. The van der Waals surface area contributed by atoms with Crippen molar-refractivity contribution >= 4 is 0 Å². The highest BCUT2D eigenvalue weighted by molar-refractivity contribution is 4.90. The van der Waals surface area contributed by atoms with Gasteiger partial charge in [0.15, 0.2) is 0 Å². The van der Waals surface area contributed by atoms with Crippen LogP contribution in [0.1, 0.15) is 20.3 Å². The van der Waals surface area contributed by atoms with Crippen LogP contribution in [0.4, 0.5) is 0 Å². The van der Waals surface area contributed by atoms with Gasteiger partial charge in [-0.3, -0.25) is 0 Å². The molecule has 6 atom stereocenters. The van der Waals surface area contributed by atoms with Crippen molar-refractivity contribution in [1.29, 1.82) is 0 Å². The maximum Gasteiger partial charge on any atom is 0.111 e. The van der Waals surface area contributed by atoms with Crippen molar-refractivity contribution in [3.63, 3.8) is 0 Å². The molecule has 4 N–H and O–H groups in total. The average Bonchev–Trinajstić information content (AvgIpc) is 2.10. The van der Waals surface area contributed by atoms with E-state index >= 15 is 0 Å². The molecule has 0 saturated carbocycles. The monoisotopic (exact) mass is 206 g/mol. The SMILES string of the molecule is CC(O)C[C@H]1O[C@@H](C)[C@@H](O)[C@@H](O)[C@@H]1O. The van der Waals surface area contributed by atoms with Crippen molar-refractivity contribution in [3.05, 3.63) is 0 Å². The lowest BCUT2D eigenvalue weighted by Crippen LogP contribution is -2.57. The number of hydrogen-bond donors (Lipinski definition) is 4. The van der Waals surface area contributed by atoms with E-state index in [9.17, 15) is 15.3 Å². The Labute approximate surface area is 82.9 Å². The summed E-state index contributed by atoms with van der Waals surface area (Å²) in [4.78, 5) is 0. The Morgan fingerprint density at radius 3 is 2.21 bits per heavy atom. The van der Waals surface area contributed by atoms with Crippen molar-refractivity contribution in [2.24, 2.45) is 0 Å². The van der Waals surface area contributed by atoms with Crippen molar-refractivity contribution < 1.29 is 25.2 Å². The fraction of sp³-hybridized carbons (Fsp3) is 1.00. The van der Waals surface area contributed by atoms with Crippen molar-refractivity contribution in [3.8, 4) is 0 Å². The van der Waals surface area contributed by atoms with Crippen molar-refractivity contribution in [2.75, 3.05) is 0 Å². The molecule has 1 unspecified atom stereocenters. The smallest absolute Gasteiger partial charge is 0.111 e. The Morgan fingerprint density at radius 1 is 1.14 bits per heavy atom. The quantitative estimate of drug-likeness (QED) is 0.447. The molecule has 0 radical (unpaired) electrons. The zero-order valence-electron chi connectivity index (χ0n) is 8.37. The molecule has 1 fully saturated rings. The summed E-state index contributed by atoms with van der Waals surface area (Å²) >= 11 is 0. The lowest BCUT2D eigenvalue weighted by Gasteiger charge is -2.39. The van der Waals surface area contributed by atoms with E-state index in [1.807, 2.05) is 0 Å². The van der Waals surface area contributed by atoms with Crippen molar-refractivity contribution in [2.45, 2.75) is 56.9 Å². The van der Waals surface area contributed by atoms with Crippen LogP contribution in [0.15, 0.2) is 0 Å². The van der Waals surface area contributed by atoms with Crippen LogP contribution in [0.25, 0.3) is 0 Å². The number of rotatable bonds is 2. The van der Waals surface area contributed by atoms with Gasteiger partial charge >= 0.3 is 0 Å². The van der Waals surface area contributed by atoms with Crippen LogP contribution in [-0.2, 0) is 4.74 Å². The Kier molecular flexibility index (Phi) is 3.86. The molecule has 0 aliphatic carbocycles. The Hall–Kier alpha value is -0.200. The molecule has 0 aromatic carbocycles. The predicted molar refractivity (Wildman–Crippen MR) is 48.7 cm³/mol.